The smallest absolute Gasteiger partial charge is 0.336 e. The molecule has 186 valence electrons. The lowest BCUT2D eigenvalue weighted by Gasteiger charge is -2.27. The summed E-state index contributed by atoms with van der Waals surface area (Å²) in [7, 11) is 0. The number of nitrogens with zero attached hydrogens (tertiary/aromatic N) is 1. The Morgan fingerprint density at radius 3 is 2.35 bits per heavy atom. The van der Waals surface area contributed by atoms with Gasteiger partial charge in [-0.1, -0.05) is 0 Å². The average Bonchev–Trinajstić information content (AvgIpc) is 3.07. The van der Waals surface area contributed by atoms with Crippen LogP contribution in [-0.4, -0.2) is 66.6 Å². The third-order valence-electron chi connectivity index (χ3n) is 4.90. The van der Waals surface area contributed by atoms with E-state index in [1.807, 2.05) is 10.8 Å². The van der Waals surface area contributed by atoms with Gasteiger partial charge < -0.3 is 40.4 Å². The number of aromatic amines is 1. The van der Waals surface area contributed by atoms with Crippen molar-refractivity contribution < 1.29 is 48.3 Å². The van der Waals surface area contributed by atoms with Gasteiger partial charge in [-0.05, 0) is 24.8 Å². The number of fused-ring (bicyclic) bond motifs is 1. The van der Waals surface area contributed by atoms with Crippen molar-refractivity contribution in [3.63, 3.8) is 0 Å². The molecule has 1 atom stereocenters. The van der Waals surface area contributed by atoms with Gasteiger partial charge in [0.1, 0.15) is 12.4 Å². The third kappa shape index (κ3) is 6.59. The van der Waals surface area contributed by atoms with E-state index in [2.05, 4.69) is 4.98 Å². The van der Waals surface area contributed by atoms with Crippen LogP contribution in [0, 0.1) is 16.4 Å². The number of carbonyl (C=O) groups is 3. The standard InChI is InChI=1S/C14H15F2N3OS.C6H8O7/c15-9-3-8-4-11(7-20-13(8)12(16)5-9)19-10(1-2-17)6-18-14(19)21;7-3(8)1-6(13,5(11)12)2-4(9)10/h3,5-6,11H,1-2,4,7,17H2,(H,18,21);13H,1-2H2,(H,7,8)(H,9,10)(H,11,12). The molecule has 0 aliphatic carbocycles. The van der Waals surface area contributed by atoms with Gasteiger partial charge in [0.25, 0.3) is 0 Å². The Bertz CT molecular complexity index is 1120. The largest absolute Gasteiger partial charge is 0.488 e. The van der Waals surface area contributed by atoms with E-state index in [9.17, 15) is 23.2 Å². The molecule has 0 spiro atoms. The molecule has 7 N–H and O–H groups in total. The van der Waals surface area contributed by atoms with E-state index in [1.54, 1.807) is 0 Å². The summed E-state index contributed by atoms with van der Waals surface area (Å²) in [6, 6.07) is 2.05. The van der Waals surface area contributed by atoms with Crippen LogP contribution in [0.1, 0.15) is 30.1 Å². The highest BCUT2D eigenvalue weighted by Gasteiger charge is 2.40. The minimum absolute atomic E-state index is 0.0981. The molecule has 1 aliphatic heterocycles. The number of ether oxygens (including phenoxy) is 1. The first-order valence-corrected chi connectivity index (χ1v) is 10.3. The molecule has 11 nitrogen and oxygen atoms in total. The summed E-state index contributed by atoms with van der Waals surface area (Å²) in [5.41, 5.74) is 4.34. The molecule has 14 heteroatoms. The van der Waals surface area contributed by atoms with Crippen molar-refractivity contribution >= 4 is 30.1 Å². The number of aliphatic carboxylic acids is 3. The highest BCUT2D eigenvalue weighted by atomic mass is 32.1. The van der Waals surface area contributed by atoms with E-state index in [0.717, 1.165) is 11.8 Å². The van der Waals surface area contributed by atoms with Gasteiger partial charge in [-0.15, -0.1) is 0 Å². The van der Waals surface area contributed by atoms with Gasteiger partial charge >= 0.3 is 17.9 Å². The minimum atomic E-state index is -2.74. The predicted molar refractivity (Wildman–Crippen MR) is 114 cm³/mol. The Balaban J connectivity index is 0.000000273. The number of aliphatic hydroxyl groups is 1. The predicted octanol–water partition coefficient (Wildman–Crippen LogP) is 1.25. The zero-order chi connectivity index (χ0) is 25.6. The number of hydrogen-bond acceptors (Lipinski definition) is 7. The normalized spacial score (nSPS) is 14.9. The zero-order valence-electron chi connectivity index (χ0n) is 17.7. The number of carboxylic acid groups (broad SMARTS) is 3. The summed E-state index contributed by atoms with van der Waals surface area (Å²) in [5, 5.41) is 33.8. The van der Waals surface area contributed by atoms with E-state index in [4.69, 9.17) is 43.1 Å². The molecule has 2 heterocycles. The lowest BCUT2D eigenvalue weighted by atomic mass is 9.96. The Kier molecular flexibility index (Phi) is 8.84. The van der Waals surface area contributed by atoms with Crippen LogP contribution in [0.2, 0.25) is 0 Å². The van der Waals surface area contributed by atoms with Gasteiger partial charge in [0.2, 0.25) is 0 Å². The number of H-pyrrole nitrogens is 1. The lowest BCUT2D eigenvalue weighted by molar-refractivity contribution is -0.170. The first-order valence-electron chi connectivity index (χ1n) is 9.87. The number of carboxylic acids is 3. The maximum absolute atomic E-state index is 13.7. The molecule has 0 saturated carbocycles. The van der Waals surface area contributed by atoms with E-state index in [-0.39, 0.29) is 11.8 Å². The third-order valence-corrected chi connectivity index (χ3v) is 5.22. The van der Waals surface area contributed by atoms with E-state index < -0.39 is 48.0 Å². The molecular formula is C20H23F2N3O8S. The fourth-order valence-corrected chi connectivity index (χ4v) is 3.78. The number of aromatic nitrogens is 2. The maximum Gasteiger partial charge on any atom is 0.336 e. The van der Waals surface area contributed by atoms with Crippen LogP contribution in [-0.2, 0) is 27.2 Å². The maximum atomic E-state index is 13.7. The first kappa shape index (κ1) is 26.9. The van der Waals surface area contributed by atoms with Crippen LogP contribution < -0.4 is 10.5 Å². The molecule has 34 heavy (non-hydrogen) atoms. The molecule has 0 saturated heterocycles. The Morgan fingerprint density at radius 1 is 1.21 bits per heavy atom. The van der Waals surface area contributed by atoms with Crippen LogP contribution in [0.4, 0.5) is 8.78 Å². The van der Waals surface area contributed by atoms with Crippen molar-refractivity contribution in [1.82, 2.24) is 9.55 Å². The Morgan fingerprint density at radius 2 is 1.82 bits per heavy atom. The summed E-state index contributed by atoms with van der Waals surface area (Å²) in [6.07, 6.45) is 0.669. The molecule has 0 radical (unpaired) electrons. The van der Waals surface area contributed by atoms with Crippen molar-refractivity contribution in [1.29, 1.82) is 0 Å². The van der Waals surface area contributed by atoms with E-state index >= 15 is 0 Å². The summed E-state index contributed by atoms with van der Waals surface area (Å²) in [6.45, 7) is 0.791. The van der Waals surface area contributed by atoms with Gasteiger partial charge in [-0.2, -0.15) is 0 Å². The fraction of sp³-hybridized carbons (Fsp3) is 0.400. The van der Waals surface area contributed by atoms with Gasteiger partial charge in [0.15, 0.2) is 21.9 Å². The van der Waals surface area contributed by atoms with Gasteiger partial charge in [0, 0.05) is 36.4 Å². The van der Waals surface area contributed by atoms with Gasteiger partial charge in [0.05, 0.1) is 18.9 Å². The monoisotopic (exact) mass is 503 g/mol. The van der Waals surface area contributed by atoms with Crippen molar-refractivity contribution in [3.8, 4) is 5.75 Å². The van der Waals surface area contributed by atoms with Crippen LogP contribution >= 0.6 is 12.2 Å². The second kappa shape index (κ2) is 11.2. The molecule has 0 amide bonds. The summed E-state index contributed by atoms with van der Waals surface area (Å²) >= 11 is 5.28. The van der Waals surface area contributed by atoms with Gasteiger partial charge in [-0.25, -0.2) is 13.6 Å². The molecule has 1 aromatic carbocycles. The lowest BCUT2D eigenvalue weighted by Crippen LogP contribution is -2.42. The molecular weight excluding hydrogens is 480 g/mol. The molecule has 0 fully saturated rings. The molecule has 2 aromatic rings. The molecule has 1 aliphatic rings. The highest BCUT2D eigenvalue weighted by Crippen LogP contribution is 2.33. The van der Waals surface area contributed by atoms with Gasteiger partial charge in [-0.3, -0.25) is 9.59 Å². The number of benzene rings is 1. The van der Waals surface area contributed by atoms with Crippen LogP contribution in [0.15, 0.2) is 18.3 Å². The number of nitrogens with two attached hydrogens (primary N) is 1. The zero-order valence-corrected chi connectivity index (χ0v) is 18.5. The highest BCUT2D eigenvalue weighted by molar-refractivity contribution is 7.71. The number of halogens is 2. The second-order valence-electron chi connectivity index (χ2n) is 7.52. The molecule has 1 unspecified atom stereocenters. The first-order chi connectivity index (χ1) is 15.9. The second-order valence-corrected chi connectivity index (χ2v) is 7.90. The van der Waals surface area contributed by atoms with Crippen molar-refractivity contribution in [2.24, 2.45) is 5.73 Å². The summed E-state index contributed by atoms with van der Waals surface area (Å²) < 4.78 is 35.0. The molecule has 1 aromatic heterocycles. The van der Waals surface area contributed by atoms with Crippen LogP contribution in [0.25, 0.3) is 0 Å². The van der Waals surface area contributed by atoms with Crippen molar-refractivity contribution in [2.75, 3.05) is 13.2 Å². The number of rotatable bonds is 8. The molecule has 0 bridgehead atoms. The minimum Gasteiger partial charge on any atom is -0.488 e. The van der Waals surface area contributed by atoms with E-state index in [1.165, 1.54) is 6.07 Å². The summed E-state index contributed by atoms with van der Waals surface area (Å²) in [5.74, 6) is -6.15. The SMILES string of the molecule is NCCc1c[nH]c(=S)n1C1COc2c(F)cc(F)cc2C1.O=C(O)CC(O)(CC(=O)O)C(=O)O. The summed E-state index contributed by atoms with van der Waals surface area (Å²) in [4.78, 5) is 33.5. The average molecular weight is 503 g/mol. The van der Waals surface area contributed by atoms with Crippen molar-refractivity contribution in [3.05, 3.63) is 46.0 Å². The molecule has 3 rings (SSSR count). The number of imidazole rings is 1. The Hall–Kier alpha value is -3.36. The topological polar surface area (TPSA) is 188 Å². The quantitative estimate of drug-likeness (QED) is 0.286. The van der Waals surface area contributed by atoms with Crippen molar-refractivity contribution in [2.45, 2.75) is 37.3 Å². The number of nitrogens with one attached hydrogen (secondary N) is 1. The Labute approximate surface area is 196 Å². The fourth-order valence-electron chi connectivity index (χ4n) is 3.45. The van der Waals surface area contributed by atoms with E-state index in [0.29, 0.717) is 36.3 Å². The van der Waals surface area contributed by atoms with Crippen LogP contribution in [0.5, 0.6) is 5.75 Å². The van der Waals surface area contributed by atoms with Crippen LogP contribution in [0.3, 0.4) is 0 Å². The number of hydrogen-bond donors (Lipinski definition) is 6.